The molecule has 1 radical (unpaired) electrons. The van der Waals surface area contributed by atoms with E-state index in [0.717, 1.165) is 28.1 Å². The van der Waals surface area contributed by atoms with Crippen LogP contribution < -0.4 is 10.4 Å². The number of hydrogen-bond donors (Lipinski definition) is 0. The third-order valence-corrected chi connectivity index (χ3v) is 13.4. The van der Waals surface area contributed by atoms with Crippen LogP contribution in [0.1, 0.15) is 32.2 Å². The molecule has 0 bridgehead atoms. The molecule has 2 nitrogen and oxygen atoms in total. The van der Waals surface area contributed by atoms with Gasteiger partial charge in [0, 0.05) is 38.6 Å². The van der Waals surface area contributed by atoms with Gasteiger partial charge in [-0.25, -0.2) is 0 Å². The molecule has 0 aliphatic carbocycles. The summed E-state index contributed by atoms with van der Waals surface area (Å²) >= 11 is 1.87. The smallest absolute Gasteiger partial charge is 0.0798 e. The molecule has 0 N–H and O–H groups in total. The quantitative estimate of drug-likeness (QED) is 0.128. The summed E-state index contributed by atoms with van der Waals surface area (Å²) in [6.07, 6.45) is 3.87. The maximum Gasteiger partial charge on any atom is 0.0798 e. The van der Waals surface area contributed by atoms with Gasteiger partial charge in [0.25, 0.3) is 0 Å². The largest absolute Gasteiger partial charge is 0.305 e. The molecule has 0 saturated heterocycles. The minimum Gasteiger partial charge on any atom is -0.305 e. The van der Waals surface area contributed by atoms with Gasteiger partial charge in [-0.1, -0.05) is 100.0 Å². The average molecular weight is 808 g/mol. The Hall–Kier alpha value is -2.74. The Morgan fingerprint density at radius 2 is 1.48 bits per heavy atom. The van der Waals surface area contributed by atoms with Crippen molar-refractivity contribution in [2.75, 3.05) is 0 Å². The molecule has 3 aromatic heterocycles. The standard InChI is InChI=1S/C23H24NSSi.C15H18NSi.Ir/c1-15(2)16-12-13-24-20(14-16)19-10-6-8-17-18-9-7-11-21(26(3,4)5)23(18)25-22(17)19;1-12-10-14(13-8-6-5-7-9-13)16-11-15(12)17(2,3)4;/h6-9,11-15H,1-5H3;5-8,10-11H,1-4H3;/q2*-1;/i15D;;. The maximum atomic E-state index is 8.35. The molecule has 0 aliphatic rings. The summed E-state index contributed by atoms with van der Waals surface area (Å²) in [7, 11) is -2.71. The molecule has 0 aliphatic heterocycles. The molecule has 3 aromatic carbocycles. The molecule has 6 heteroatoms. The van der Waals surface area contributed by atoms with Crippen molar-refractivity contribution in [1.82, 2.24) is 9.97 Å². The maximum absolute atomic E-state index is 8.35. The number of benzene rings is 3. The van der Waals surface area contributed by atoms with E-state index in [0.29, 0.717) is 0 Å². The first-order valence-corrected chi connectivity index (χ1v) is 22.7. The molecule has 0 fully saturated rings. The number of pyridine rings is 2. The van der Waals surface area contributed by atoms with Gasteiger partial charge in [0.1, 0.15) is 0 Å². The van der Waals surface area contributed by atoms with Crippen LogP contribution in [0.4, 0.5) is 0 Å². The van der Waals surface area contributed by atoms with E-state index in [2.05, 4.69) is 111 Å². The molecule has 229 valence electrons. The van der Waals surface area contributed by atoms with E-state index in [1.165, 1.54) is 36.1 Å². The predicted molar refractivity (Wildman–Crippen MR) is 195 cm³/mol. The summed E-state index contributed by atoms with van der Waals surface area (Å²) in [5.74, 6) is -0.642. The topological polar surface area (TPSA) is 25.8 Å². The van der Waals surface area contributed by atoms with Crippen LogP contribution in [0.15, 0.2) is 85.2 Å². The van der Waals surface area contributed by atoms with Crippen molar-refractivity contribution in [1.29, 1.82) is 0 Å². The van der Waals surface area contributed by atoms with Gasteiger partial charge >= 0.3 is 0 Å². The van der Waals surface area contributed by atoms with Crippen molar-refractivity contribution in [3.63, 3.8) is 0 Å². The van der Waals surface area contributed by atoms with Crippen LogP contribution in [0.5, 0.6) is 0 Å². The van der Waals surface area contributed by atoms with Gasteiger partial charge in [0.05, 0.1) is 16.1 Å². The number of nitrogens with zero attached hydrogens (tertiary/aromatic N) is 2. The second-order valence-corrected chi connectivity index (χ2v) is 24.6. The summed E-state index contributed by atoms with van der Waals surface area (Å²) in [4.78, 5) is 9.20. The molecule has 0 unspecified atom stereocenters. The second-order valence-electron chi connectivity index (χ2n) is 13.5. The van der Waals surface area contributed by atoms with Crippen molar-refractivity contribution in [2.45, 2.75) is 65.9 Å². The fourth-order valence-corrected chi connectivity index (χ4v) is 10.9. The van der Waals surface area contributed by atoms with Crippen molar-refractivity contribution in [3.8, 4) is 22.5 Å². The first-order valence-electron chi connectivity index (χ1n) is 15.4. The molecule has 0 spiro atoms. The molecular formula is C38H42IrN2SSi2-2. The predicted octanol–water partition coefficient (Wildman–Crippen LogP) is 9.99. The average Bonchev–Trinajstić information content (AvgIpc) is 3.35. The van der Waals surface area contributed by atoms with Gasteiger partial charge in [-0.05, 0) is 50.7 Å². The van der Waals surface area contributed by atoms with E-state index < -0.39 is 22.0 Å². The zero-order valence-corrected chi connectivity index (χ0v) is 32.4. The van der Waals surface area contributed by atoms with E-state index in [1.807, 2.05) is 67.8 Å². The van der Waals surface area contributed by atoms with Crippen LogP contribution in [0.2, 0.25) is 39.3 Å². The normalized spacial score (nSPS) is 12.3. The zero-order valence-electron chi connectivity index (χ0n) is 28.2. The molecular weight excluding hydrogens is 765 g/mol. The third-order valence-electron chi connectivity index (χ3n) is 7.76. The summed E-state index contributed by atoms with van der Waals surface area (Å²) in [5.41, 5.74) is 6.36. The molecule has 44 heavy (non-hydrogen) atoms. The van der Waals surface area contributed by atoms with Crippen LogP contribution in [-0.4, -0.2) is 26.1 Å². The molecule has 6 rings (SSSR count). The zero-order chi connectivity index (χ0) is 31.9. The van der Waals surface area contributed by atoms with Gasteiger partial charge < -0.3 is 9.97 Å². The van der Waals surface area contributed by atoms with Gasteiger partial charge in [0.2, 0.25) is 0 Å². The van der Waals surface area contributed by atoms with Crippen LogP contribution in [0.25, 0.3) is 42.7 Å². The van der Waals surface area contributed by atoms with Crippen LogP contribution in [0, 0.1) is 19.1 Å². The molecule has 6 aromatic rings. The second kappa shape index (κ2) is 13.7. The number of aromatic nitrogens is 2. The minimum absolute atomic E-state index is 0. The monoisotopic (exact) mass is 808 g/mol. The van der Waals surface area contributed by atoms with E-state index in [4.69, 9.17) is 1.37 Å². The van der Waals surface area contributed by atoms with E-state index in [1.54, 1.807) is 0 Å². The SMILES string of the molecule is Cc1cc(-c2[c-]cccc2)ncc1[Si](C)(C)C.[2H]C(C)(C)c1ccnc(-c2[c-]ccc3c2sc2c([Si](C)(C)C)cccc23)c1.[Ir]. The Morgan fingerprint density at radius 1 is 0.750 bits per heavy atom. The Morgan fingerprint density at radius 3 is 2.11 bits per heavy atom. The Balaban J connectivity index is 0.000000222. The summed E-state index contributed by atoms with van der Waals surface area (Å²) in [6, 6.07) is 31.7. The number of hydrogen-bond acceptors (Lipinski definition) is 3. The van der Waals surface area contributed by atoms with E-state index in [-0.39, 0.29) is 20.1 Å². The summed E-state index contributed by atoms with van der Waals surface area (Å²) in [5, 5.41) is 5.57. The summed E-state index contributed by atoms with van der Waals surface area (Å²) < 4.78 is 11.0. The van der Waals surface area contributed by atoms with Crippen molar-refractivity contribution < 1.29 is 21.5 Å². The van der Waals surface area contributed by atoms with Crippen LogP contribution in [0.3, 0.4) is 0 Å². The summed E-state index contributed by atoms with van der Waals surface area (Å²) in [6.45, 7) is 20.3. The molecule has 0 saturated carbocycles. The molecule has 3 heterocycles. The Bertz CT molecular complexity index is 1930. The molecule has 0 amide bonds. The first kappa shape index (κ1) is 32.7. The van der Waals surface area contributed by atoms with Gasteiger partial charge in [0.15, 0.2) is 0 Å². The fourth-order valence-electron chi connectivity index (χ4n) is 5.46. The Kier molecular flexibility index (Phi) is 10.2. The fraction of sp³-hybridized carbons (Fsp3) is 0.263. The van der Waals surface area contributed by atoms with Gasteiger partial charge in [-0.3, -0.25) is 0 Å². The van der Waals surface area contributed by atoms with Crippen LogP contribution in [-0.2, 0) is 20.1 Å². The van der Waals surface area contributed by atoms with E-state index in [9.17, 15) is 0 Å². The van der Waals surface area contributed by atoms with Crippen molar-refractivity contribution in [2.24, 2.45) is 0 Å². The van der Waals surface area contributed by atoms with Crippen LogP contribution >= 0.6 is 11.3 Å². The van der Waals surface area contributed by atoms with Crippen molar-refractivity contribution in [3.05, 3.63) is 108 Å². The van der Waals surface area contributed by atoms with E-state index >= 15 is 0 Å². The Labute approximate surface area is 284 Å². The number of rotatable bonds is 5. The number of fused-ring (bicyclic) bond motifs is 3. The van der Waals surface area contributed by atoms with Crippen molar-refractivity contribution >= 4 is 58.0 Å². The molecule has 0 atom stereocenters. The third kappa shape index (κ3) is 7.38. The van der Waals surface area contributed by atoms with Gasteiger partial charge in [-0.15, -0.1) is 59.7 Å². The van der Waals surface area contributed by atoms with Gasteiger partial charge in [-0.2, -0.15) is 11.3 Å². The number of thiophene rings is 1. The number of aryl methyl sites for hydroxylation is 1. The minimum atomic E-state index is -1.43. The first-order chi connectivity index (χ1) is 20.6.